The summed E-state index contributed by atoms with van der Waals surface area (Å²) in [6.45, 7) is 2.07. The first-order valence-electron chi connectivity index (χ1n) is 8.46. The molecule has 0 atom stereocenters. The van der Waals surface area contributed by atoms with Crippen molar-refractivity contribution in [2.75, 3.05) is 5.32 Å². The number of anilines is 1. The third kappa shape index (κ3) is 4.86. The zero-order valence-corrected chi connectivity index (χ0v) is 17.4. The highest BCUT2D eigenvalue weighted by Gasteiger charge is 2.13. The van der Waals surface area contributed by atoms with Gasteiger partial charge < -0.3 is 9.73 Å². The summed E-state index contributed by atoms with van der Waals surface area (Å²) in [5.74, 6) is 1.36. The van der Waals surface area contributed by atoms with Crippen LogP contribution in [-0.2, 0) is 17.0 Å². The van der Waals surface area contributed by atoms with Crippen molar-refractivity contribution in [1.82, 2.24) is 15.2 Å². The summed E-state index contributed by atoms with van der Waals surface area (Å²) in [5.41, 5.74) is 3.17. The molecule has 0 bridgehead atoms. The number of aryl methyl sites for hydroxylation is 1. The molecular formula is C19H16N4O2S3. The fourth-order valence-corrected chi connectivity index (χ4v) is 4.89. The number of benzene rings is 1. The molecule has 142 valence electrons. The molecule has 3 heterocycles. The van der Waals surface area contributed by atoms with Crippen molar-refractivity contribution in [3.8, 4) is 10.8 Å². The van der Waals surface area contributed by atoms with Gasteiger partial charge in [0.15, 0.2) is 15.1 Å². The molecular weight excluding hydrogens is 412 g/mol. The van der Waals surface area contributed by atoms with Crippen LogP contribution < -0.4 is 5.32 Å². The van der Waals surface area contributed by atoms with Gasteiger partial charge in [-0.3, -0.25) is 4.79 Å². The van der Waals surface area contributed by atoms with E-state index in [1.54, 1.807) is 18.0 Å². The molecule has 4 rings (SSSR count). The van der Waals surface area contributed by atoms with Crippen LogP contribution in [0.15, 0.2) is 56.8 Å². The Labute approximate surface area is 174 Å². The zero-order valence-electron chi connectivity index (χ0n) is 14.9. The predicted molar refractivity (Wildman–Crippen MR) is 113 cm³/mol. The van der Waals surface area contributed by atoms with Crippen LogP contribution in [-0.4, -0.2) is 21.1 Å². The minimum atomic E-state index is -0.164. The SMILES string of the molecule is Cc1ccc(CSc2nnc(NC(=O)Cc3csc(-c4ccco4)n3)s2)cc1. The number of hydrogen-bond acceptors (Lipinski definition) is 8. The van der Waals surface area contributed by atoms with Crippen molar-refractivity contribution in [2.45, 2.75) is 23.4 Å². The Hall–Kier alpha value is -2.49. The van der Waals surface area contributed by atoms with E-state index in [0.717, 1.165) is 15.1 Å². The number of carbonyl (C=O) groups is 1. The van der Waals surface area contributed by atoms with Crippen LogP contribution in [0.25, 0.3) is 10.8 Å². The smallest absolute Gasteiger partial charge is 0.232 e. The molecule has 0 spiro atoms. The fraction of sp³-hybridized carbons (Fsp3) is 0.158. The lowest BCUT2D eigenvalue weighted by Crippen LogP contribution is -2.14. The highest BCUT2D eigenvalue weighted by Crippen LogP contribution is 2.29. The summed E-state index contributed by atoms with van der Waals surface area (Å²) in [4.78, 5) is 16.7. The van der Waals surface area contributed by atoms with E-state index >= 15 is 0 Å². The van der Waals surface area contributed by atoms with Crippen LogP contribution in [0.1, 0.15) is 16.8 Å². The van der Waals surface area contributed by atoms with E-state index in [-0.39, 0.29) is 12.3 Å². The normalized spacial score (nSPS) is 10.9. The molecule has 1 amide bonds. The number of nitrogens with one attached hydrogen (secondary N) is 1. The second-order valence-electron chi connectivity index (χ2n) is 5.99. The van der Waals surface area contributed by atoms with Gasteiger partial charge >= 0.3 is 0 Å². The average molecular weight is 429 g/mol. The van der Waals surface area contributed by atoms with Gasteiger partial charge in [-0.2, -0.15) is 0 Å². The number of rotatable bonds is 7. The highest BCUT2D eigenvalue weighted by atomic mass is 32.2. The van der Waals surface area contributed by atoms with Gasteiger partial charge in [-0.25, -0.2) is 4.98 Å². The largest absolute Gasteiger partial charge is 0.462 e. The minimum Gasteiger partial charge on any atom is -0.462 e. The van der Waals surface area contributed by atoms with E-state index in [0.29, 0.717) is 16.6 Å². The molecule has 0 aliphatic carbocycles. The lowest BCUT2D eigenvalue weighted by molar-refractivity contribution is -0.115. The molecule has 0 aliphatic heterocycles. The van der Waals surface area contributed by atoms with Crippen molar-refractivity contribution in [2.24, 2.45) is 0 Å². The maximum absolute atomic E-state index is 12.3. The lowest BCUT2D eigenvalue weighted by atomic mass is 10.2. The first-order valence-corrected chi connectivity index (χ1v) is 11.1. The monoisotopic (exact) mass is 428 g/mol. The molecule has 4 aromatic rings. The van der Waals surface area contributed by atoms with Crippen molar-refractivity contribution in [1.29, 1.82) is 0 Å². The number of amides is 1. The van der Waals surface area contributed by atoms with Crippen LogP contribution in [0.5, 0.6) is 0 Å². The van der Waals surface area contributed by atoms with Crippen LogP contribution in [0.2, 0.25) is 0 Å². The van der Waals surface area contributed by atoms with E-state index in [4.69, 9.17) is 4.42 Å². The third-order valence-electron chi connectivity index (χ3n) is 3.76. The molecule has 6 nitrogen and oxygen atoms in total. The average Bonchev–Trinajstić information content (AvgIpc) is 3.43. The number of thioether (sulfide) groups is 1. The highest BCUT2D eigenvalue weighted by molar-refractivity contribution is 8.00. The van der Waals surface area contributed by atoms with Gasteiger partial charge in [0.2, 0.25) is 11.0 Å². The first kappa shape index (κ1) is 18.9. The van der Waals surface area contributed by atoms with Gasteiger partial charge in [-0.05, 0) is 24.6 Å². The Kier molecular flexibility index (Phi) is 5.84. The van der Waals surface area contributed by atoms with E-state index in [9.17, 15) is 4.79 Å². The number of furan rings is 1. The summed E-state index contributed by atoms with van der Waals surface area (Å²) in [5, 5.41) is 14.1. The molecule has 0 saturated heterocycles. The molecule has 0 aliphatic rings. The summed E-state index contributed by atoms with van der Waals surface area (Å²) in [7, 11) is 0. The Morgan fingerprint density at radius 3 is 2.86 bits per heavy atom. The maximum Gasteiger partial charge on any atom is 0.232 e. The van der Waals surface area contributed by atoms with Crippen LogP contribution in [0.3, 0.4) is 0 Å². The Bertz CT molecular complexity index is 1060. The predicted octanol–water partition coefficient (Wildman–Crippen LogP) is 5.04. The topological polar surface area (TPSA) is 80.9 Å². The Morgan fingerprint density at radius 1 is 1.21 bits per heavy atom. The van der Waals surface area contributed by atoms with Gasteiger partial charge in [0.05, 0.1) is 18.4 Å². The minimum absolute atomic E-state index is 0.164. The van der Waals surface area contributed by atoms with Gasteiger partial charge in [-0.15, -0.1) is 21.5 Å². The van der Waals surface area contributed by atoms with Crippen LogP contribution >= 0.6 is 34.4 Å². The molecule has 0 saturated carbocycles. The summed E-state index contributed by atoms with van der Waals surface area (Å²) >= 11 is 4.43. The number of carbonyl (C=O) groups excluding carboxylic acids is 1. The standard InChI is InChI=1S/C19H16N4O2S3/c1-12-4-6-13(7-5-12)10-27-19-23-22-18(28-19)21-16(24)9-14-11-26-17(20-14)15-3-2-8-25-15/h2-8,11H,9-10H2,1H3,(H,21,22,24). The van der Waals surface area contributed by atoms with E-state index < -0.39 is 0 Å². The molecule has 1 N–H and O–H groups in total. The number of hydrogen-bond donors (Lipinski definition) is 1. The van der Waals surface area contributed by atoms with Crippen LogP contribution in [0, 0.1) is 6.92 Å². The second kappa shape index (κ2) is 8.68. The Balaban J connectivity index is 1.29. The third-order valence-corrected chi connectivity index (χ3v) is 6.71. The van der Waals surface area contributed by atoms with E-state index in [1.165, 1.54) is 33.8 Å². The van der Waals surface area contributed by atoms with Crippen molar-refractivity contribution >= 4 is 45.5 Å². The van der Waals surface area contributed by atoms with E-state index in [1.807, 2.05) is 17.5 Å². The van der Waals surface area contributed by atoms with Crippen LogP contribution in [0.4, 0.5) is 5.13 Å². The molecule has 0 fully saturated rings. The summed E-state index contributed by atoms with van der Waals surface area (Å²) < 4.78 is 6.15. The molecule has 0 unspecified atom stereocenters. The van der Waals surface area contributed by atoms with Gasteiger partial charge in [0.1, 0.15) is 0 Å². The van der Waals surface area contributed by atoms with Crippen molar-refractivity contribution < 1.29 is 9.21 Å². The lowest BCUT2D eigenvalue weighted by Gasteiger charge is -1.99. The number of nitrogens with zero attached hydrogens (tertiary/aromatic N) is 3. The van der Waals surface area contributed by atoms with Crippen molar-refractivity contribution in [3.05, 3.63) is 64.9 Å². The quantitative estimate of drug-likeness (QED) is 0.328. The molecule has 1 aromatic carbocycles. The molecule has 0 radical (unpaired) electrons. The van der Waals surface area contributed by atoms with E-state index in [2.05, 4.69) is 51.7 Å². The molecule has 28 heavy (non-hydrogen) atoms. The summed E-state index contributed by atoms with van der Waals surface area (Å²) in [6, 6.07) is 12.1. The number of aromatic nitrogens is 3. The van der Waals surface area contributed by atoms with Gasteiger partial charge in [0.25, 0.3) is 0 Å². The fourth-order valence-electron chi connectivity index (χ4n) is 2.38. The summed E-state index contributed by atoms with van der Waals surface area (Å²) in [6.07, 6.45) is 1.79. The zero-order chi connectivity index (χ0) is 19.3. The molecule has 9 heteroatoms. The number of thiazole rings is 1. The molecule has 3 aromatic heterocycles. The van der Waals surface area contributed by atoms with Crippen molar-refractivity contribution in [3.63, 3.8) is 0 Å². The van der Waals surface area contributed by atoms with Gasteiger partial charge in [-0.1, -0.05) is 52.9 Å². The van der Waals surface area contributed by atoms with Gasteiger partial charge in [0, 0.05) is 11.1 Å². The maximum atomic E-state index is 12.3. The first-order chi connectivity index (χ1) is 13.7. The second-order valence-corrected chi connectivity index (χ2v) is 9.05. The Morgan fingerprint density at radius 2 is 2.07 bits per heavy atom.